The molecule has 4 rings (SSSR count). The van der Waals surface area contributed by atoms with Crippen LogP contribution in [0.3, 0.4) is 0 Å². The van der Waals surface area contributed by atoms with Gasteiger partial charge in [-0.05, 0) is 36.2 Å². The van der Waals surface area contributed by atoms with Crippen molar-refractivity contribution in [3.63, 3.8) is 0 Å². The number of halogens is 4. The molecule has 0 spiro atoms. The summed E-state index contributed by atoms with van der Waals surface area (Å²) in [4.78, 5) is 52.0. The lowest BCUT2D eigenvalue weighted by atomic mass is 9.91. The molecule has 1 aliphatic rings. The van der Waals surface area contributed by atoms with Gasteiger partial charge in [-0.15, -0.1) is 0 Å². The van der Waals surface area contributed by atoms with Crippen LogP contribution in [0.4, 0.5) is 23.4 Å². The van der Waals surface area contributed by atoms with Gasteiger partial charge in [0.1, 0.15) is 17.2 Å². The Morgan fingerprint density at radius 1 is 1.00 bits per heavy atom. The molecule has 2 aromatic carbocycles. The minimum Gasteiger partial charge on any atom is -0.330 e. The van der Waals surface area contributed by atoms with Crippen molar-refractivity contribution in [2.24, 2.45) is 0 Å². The van der Waals surface area contributed by atoms with Crippen molar-refractivity contribution in [1.82, 2.24) is 14.9 Å². The summed E-state index contributed by atoms with van der Waals surface area (Å²) < 4.78 is 57.0. The number of hydrogen-bond donors (Lipinski definition) is 3. The third kappa shape index (κ3) is 3.76. The monoisotopic (exact) mass is 476 g/mol. The molecule has 3 aromatic rings. The molecule has 8 nitrogen and oxygen atoms in total. The van der Waals surface area contributed by atoms with Crippen LogP contribution in [0.1, 0.15) is 17.5 Å². The highest BCUT2D eigenvalue weighted by atomic mass is 19.4. The first-order valence-electron chi connectivity index (χ1n) is 9.93. The van der Waals surface area contributed by atoms with E-state index in [0.717, 1.165) is 24.3 Å². The van der Waals surface area contributed by atoms with Crippen LogP contribution in [0.2, 0.25) is 0 Å². The van der Waals surface area contributed by atoms with E-state index in [0.29, 0.717) is 10.1 Å². The first kappa shape index (κ1) is 23.0. The SMILES string of the molecule is O=C(CCc1ccccc1)N[C@]1(C(F)(F)F)C(=O)Nc2c1c(=O)[nH]c(=O)n2-c1ccc(F)cc1. The molecule has 2 heterocycles. The Labute approximate surface area is 188 Å². The van der Waals surface area contributed by atoms with Crippen LogP contribution in [0.25, 0.3) is 5.69 Å². The van der Waals surface area contributed by atoms with E-state index in [-0.39, 0.29) is 12.1 Å². The smallest absolute Gasteiger partial charge is 0.330 e. The van der Waals surface area contributed by atoms with Crippen molar-refractivity contribution >= 4 is 17.6 Å². The maximum Gasteiger partial charge on any atom is 0.425 e. The van der Waals surface area contributed by atoms with E-state index in [4.69, 9.17) is 0 Å². The summed E-state index contributed by atoms with van der Waals surface area (Å²) >= 11 is 0. The molecule has 0 aliphatic carbocycles. The number of fused-ring (bicyclic) bond motifs is 1. The minimum absolute atomic E-state index is 0.0839. The summed E-state index contributed by atoms with van der Waals surface area (Å²) in [5, 5.41) is 3.60. The van der Waals surface area contributed by atoms with Crippen LogP contribution >= 0.6 is 0 Å². The standard InChI is InChI=1S/C22H16F4N4O4/c23-13-7-9-14(10-8-13)30-17-16(18(32)28-20(30)34)21(19(33)27-17,22(24,25)26)29-15(31)11-6-12-4-2-1-3-5-12/h1-5,7-10H,6,11H2,(H,27,33)(H,29,31)(H,28,32,34)/t21-/m0/s1. The zero-order valence-electron chi connectivity index (χ0n) is 17.2. The van der Waals surface area contributed by atoms with E-state index in [1.54, 1.807) is 40.6 Å². The largest absolute Gasteiger partial charge is 0.425 e. The van der Waals surface area contributed by atoms with Gasteiger partial charge >= 0.3 is 11.9 Å². The molecular weight excluding hydrogens is 460 g/mol. The summed E-state index contributed by atoms with van der Waals surface area (Å²) in [7, 11) is 0. The molecule has 34 heavy (non-hydrogen) atoms. The number of hydrogen-bond acceptors (Lipinski definition) is 4. The number of aryl methyl sites for hydroxylation is 1. The van der Waals surface area contributed by atoms with Crippen molar-refractivity contribution in [2.45, 2.75) is 24.6 Å². The molecule has 12 heteroatoms. The summed E-state index contributed by atoms with van der Waals surface area (Å²) in [6.45, 7) is 0. The topological polar surface area (TPSA) is 113 Å². The molecule has 0 bridgehead atoms. The highest BCUT2D eigenvalue weighted by Crippen LogP contribution is 2.45. The first-order chi connectivity index (χ1) is 16.0. The molecule has 3 N–H and O–H groups in total. The predicted molar refractivity (Wildman–Crippen MR) is 112 cm³/mol. The van der Waals surface area contributed by atoms with Gasteiger partial charge in [0.2, 0.25) is 11.4 Å². The number of aromatic amines is 1. The van der Waals surface area contributed by atoms with Crippen molar-refractivity contribution in [3.05, 3.63) is 92.4 Å². The summed E-state index contributed by atoms with van der Waals surface area (Å²) in [6.07, 6.45) is -5.76. The fraction of sp³-hybridized carbons (Fsp3) is 0.182. The number of H-pyrrole nitrogens is 1. The number of nitrogens with one attached hydrogen (secondary N) is 3. The van der Waals surface area contributed by atoms with Crippen LogP contribution < -0.4 is 21.9 Å². The maximum absolute atomic E-state index is 14.4. The number of carbonyl (C=O) groups is 2. The normalized spacial score (nSPS) is 17.2. The number of aromatic nitrogens is 2. The minimum atomic E-state index is -5.44. The maximum atomic E-state index is 14.4. The number of anilines is 1. The van der Waals surface area contributed by atoms with Gasteiger partial charge in [0.25, 0.3) is 11.5 Å². The van der Waals surface area contributed by atoms with Crippen molar-refractivity contribution in [1.29, 1.82) is 0 Å². The zero-order chi connectivity index (χ0) is 24.7. The van der Waals surface area contributed by atoms with Crippen molar-refractivity contribution in [2.75, 3.05) is 5.32 Å². The Morgan fingerprint density at radius 3 is 2.26 bits per heavy atom. The van der Waals surface area contributed by atoms with E-state index in [9.17, 15) is 36.7 Å². The van der Waals surface area contributed by atoms with Crippen LogP contribution in [0.15, 0.2) is 64.2 Å². The molecule has 0 saturated carbocycles. The van der Waals surface area contributed by atoms with Gasteiger partial charge in [-0.1, -0.05) is 30.3 Å². The summed E-state index contributed by atoms with van der Waals surface area (Å²) in [6, 6.07) is 12.5. The third-order valence-electron chi connectivity index (χ3n) is 5.38. The second kappa shape index (κ2) is 8.28. The van der Waals surface area contributed by atoms with Crippen molar-refractivity contribution < 1.29 is 27.2 Å². The Bertz CT molecular complexity index is 1380. The molecule has 0 unspecified atom stereocenters. The second-order valence-electron chi connectivity index (χ2n) is 7.53. The molecule has 0 saturated heterocycles. The number of amides is 2. The van der Waals surface area contributed by atoms with Gasteiger partial charge in [0.15, 0.2) is 0 Å². The van der Waals surface area contributed by atoms with E-state index < -0.39 is 58.4 Å². The average molecular weight is 476 g/mol. The van der Waals surface area contributed by atoms with E-state index in [2.05, 4.69) is 0 Å². The van der Waals surface area contributed by atoms with Crippen LogP contribution in [0, 0.1) is 5.82 Å². The van der Waals surface area contributed by atoms with Gasteiger partial charge in [-0.2, -0.15) is 13.2 Å². The Hall–Kier alpha value is -4.22. The molecule has 1 aromatic heterocycles. The number of carbonyl (C=O) groups excluding carboxylic acids is 2. The number of alkyl halides is 3. The molecule has 0 radical (unpaired) electrons. The van der Waals surface area contributed by atoms with Gasteiger partial charge < -0.3 is 10.6 Å². The lowest BCUT2D eigenvalue weighted by Gasteiger charge is -2.30. The fourth-order valence-corrected chi connectivity index (χ4v) is 3.79. The molecule has 0 fully saturated rings. The van der Waals surface area contributed by atoms with Gasteiger partial charge in [-0.3, -0.25) is 19.4 Å². The summed E-state index contributed by atoms with van der Waals surface area (Å²) in [5.41, 5.74) is -7.03. The van der Waals surface area contributed by atoms with Crippen LogP contribution in [-0.4, -0.2) is 27.5 Å². The molecule has 1 aliphatic heterocycles. The summed E-state index contributed by atoms with van der Waals surface area (Å²) in [5.74, 6) is -4.35. The van der Waals surface area contributed by atoms with Crippen molar-refractivity contribution in [3.8, 4) is 5.69 Å². The molecule has 1 atom stereocenters. The zero-order valence-corrected chi connectivity index (χ0v) is 17.2. The highest BCUT2D eigenvalue weighted by Gasteiger charge is 2.68. The molecule has 2 amide bonds. The van der Waals surface area contributed by atoms with E-state index in [1.807, 2.05) is 5.32 Å². The van der Waals surface area contributed by atoms with Gasteiger partial charge in [0.05, 0.1) is 5.69 Å². The number of benzene rings is 2. The van der Waals surface area contributed by atoms with E-state index >= 15 is 0 Å². The van der Waals surface area contributed by atoms with Gasteiger partial charge in [-0.25, -0.2) is 13.8 Å². The van der Waals surface area contributed by atoms with E-state index in [1.165, 1.54) is 0 Å². The van der Waals surface area contributed by atoms with Gasteiger partial charge in [0, 0.05) is 6.42 Å². The predicted octanol–water partition coefficient (Wildman–Crippen LogP) is 2.12. The Kier molecular flexibility index (Phi) is 5.59. The Morgan fingerprint density at radius 2 is 1.65 bits per heavy atom. The van der Waals surface area contributed by atoms with Crippen LogP contribution in [-0.2, 0) is 21.5 Å². The lowest BCUT2D eigenvalue weighted by Crippen LogP contribution is -2.62. The fourth-order valence-electron chi connectivity index (χ4n) is 3.79. The average Bonchev–Trinajstić information content (AvgIpc) is 3.07. The lowest BCUT2D eigenvalue weighted by molar-refractivity contribution is -0.200. The molecule has 176 valence electrons. The number of rotatable bonds is 5. The Balaban J connectivity index is 1.82. The second-order valence-corrected chi connectivity index (χ2v) is 7.53. The first-order valence-corrected chi connectivity index (χ1v) is 9.93. The van der Waals surface area contributed by atoms with Crippen LogP contribution in [0.5, 0.6) is 0 Å². The highest BCUT2D eigenvalue weighted by molar-refractivity contribution is 6.07. The third-order valence-corrected chi connectivity index (χ3v) is 5.38. The molecular formula is C22H16F4N4O4. The number of nitrogens with zero attached hydrogens (tertiary/aromatic N) is 1. The quantitative estimate of drug-likeness (QED) is 0.490.